The summed E-state index contributed by atoms with van der Waals surface area (Å²) in [6.45, 7) is 2.62. The van der Waals surface area contributed by atoms with Crippen LogP contribution in [-0.4, -0.2) is 10.5 Å². The molecule has 2 atom stereocenters. The number of rotatable bonds is 7. The van der Waals surface area contributed by atoms with Crippen molar-refractivity contribution >= 4 is 16.8 Å². The third-order valence-corrected chi connectivity index (χ3v) is 5.70. The van der Waals surface area contributed by atoms with Crippen LogP contribution in [0.1, 0.15) is 42.1 Å². The molecule has 0 unspecified atom stereocenters. The second kappa shape index (κ2) is 8.39. The summed E-state index contributed by atoms with van der Waals surface area (Å²) in [5.41, 5.74) is 3.64. The van der Waals surface area contributed by atoms with E-state index in [1.54, 1.807) is 6.26 Å². The van der Waals surface area contributed by atoms with Gasteiger partial charge in [0.2, 0.25) is 5.91 Å². The zero-order chi connectivity index (χ0) is 20.2. The molecule has 2 aromatic heterocycles. The summed E-state index contributed by atoms with van der Waals surface area (Å²) in [5, 5.41) is 4.22. The number of aryl methyl sites for hydroxylation is 1. The molecule has 1 amide bonds. The summed E-state index contributed by atoms with van der Waals surface area (Å²) in [4.78, 5) is 12.8. The Bertz CT molecular complexity index is 1080. The van der Waals surface area contributed by atoms with Crippen LogP contribution in [-0.2, 0) is 18.4 Å². The number of aromatic nitrogens is 1. The van der Waals surface area contributed by atoms with Crippen LogP contribution in [0.4, 0.5) is 0 Å². The summed E-state index contributed by atoms with van der Waals surface area (Å²) >= 11 is 0. The van der Waals surface area contributed by atoms with Gasteiger partial charge in [-0.15, -0.1) is 0 Å². The highest BCUT2D eigenvalue weighted by molar-refractivity contribution is 5.86. The average molecular weight is 386 g/mol. The molecule has 29 heavy (non-hydrogen) atoms. The van der Waals surface area contributed by atoms with Crippen molar-refractivity contribution in [1.29, 1.82) is 0 Å². The maximum Gasteiger partial charge on any atom is 0.221 e. The highest BCUT2D eigenvalue weighted by atomic mass is 16.3. The number of amides is 1. The first-order valence-corrected chi connectivity index (χ1v) is 10.0. The molecule has 0 saturated carbocycles. The highest BCUT2D eigenvalue weighted by Gasteiger charge is 2.26. The fourth-order valence-electron chi connectivity index (χ4n) is 4.08. The molecule has 4 nitrogen and oxygen atoms in total. The third-order valence-electron chi connectivity index (χ3n) is 5.70. The SMILES string of the molecule is C[C@@H](c1ccccc1)[C@H](CC(=O)NCc1ccco1)c1cn(C)c2ccccc12. The zero-order valence-corrected chi connectivity index (χ0v) is 16.8. The van der Waals surface area contributed by atoms with E-state index in [2.05, 4.69) is 78.6 Å². The van der Waals surface area contributed by atoms with E-state index in [0.29, 0.717) is 13.0 Å². The number of nitrogens with zero attached hydrogens (tertiary/aromatic N) is 1. The van der Waals surface area contributed by atoms with E-state index in [1.165, 1.54) is 22.0 Å². The Hall–Kier alpha value is -3.27. The molecule has 0 spiro atoms. The van der Waals surface area contributed by atoms with E-state index in [4.69, 9.17) is 4.42 Å². The van der Waals surface area contributed by atoms with Crippen molar-refractivity contribution < 1.29 is 9.21 Å². The largest absolute Gasteiger partial charge is 0.467 e. The smallest absolute Gasteiger partial charge is 0.221 e. The van der Waals surface area contributed by atoms with Crippen molar-refractivity contribution in [1.82, 2.24) is 9.88 Å². The number of para-hydroxylation sites is 1. The van der Waals surface area contributed by atoms with Crippen LogP contribution in [0.25, 0.3) is 10.9 Å². The number of benzene rings is 2. The molecule has 0 aliphatic carbocycles. The standard InChI is InChI=1S/C25H26N2O2/c1-18(19-9-4-3-5-10-19)22(15-25(28)26-16-20-11-8-14-29-20)23-17-27(2)24-13-7-6-12-21(23)24/h3-14,17-18,22H,15-16H2,1-2H3,(H,26,28)/t18-,22-/m0/s1. The van der Waals surface area contributed by atoms with Gasteiger partial charge in [-0.2, -0.15) is 0 Å². The average Bonchev–Trinajstić information content (AvgIpc) is 3.39. The van der Waals surface area contributed by atoms with E-state index in [-0.39, 0.29) is 17.7 Å². The monoisotopic (exact) mass is 386 g/mol. The second-order valence-corrected chi connectivity index (χ2v) is 7.58. The number of nitrogens with one attached hydrogen (secondary N) is 1. The van der Waals surface area contributed by atoms with E-state index in [1.807, 2.05) is 18.2 Å². The molecule has 0 radical (unpaired) electrons. The van der Waals surface area contributed by atoms with Gasteiger partial charge >= 0.3 is 0 Å². The van der Waals surface area contributed by atoms with Crippen LogP contribution in [0.2, 0.25) is 0 Å². The fourth-order valence-corrected chi connectivity index (χ4v) is 4.08. The van der Waals surface area contributed by atoms with Gasteiger partial charge in [-0.1, -0.05) is 55.5 Å². The molecule has 148 valence electrons. The summed E-state index contributed by atoms with van der Waals surface area (Å²) in [6.07, 6.45) is 4.22. The highest BCUT2D eigenvalue weighted by Crippen LogP contribution is 2.39. The minimum absolute atomic E-state index is 0.0297. The summed E-state index contributed by atoms with van der Waals surface area (Å²) in [7, 11) is 2.06. The number of furan rings is 1. The van der Waals surface area contributed by atoms with Crippen LogP contribution < -0.4 is 5.32 Å². The van der Waals surface area contributed by atoms with Crippen molar-refractivity contribution in [3.63, 3.8) is 0 Å². The number of fused-ring (bicyclic) bond motifs is 1. The van der Waals surface area contributed by atoms with Gasteiger partial charge in [-0.3, -0.25) is 4.79 Å². The Labute approximate surface area is 171 Å². The number of hydrogen-bond acceptors (Lipinski definition) is 2. The Morgan fingerprint density at radius 1 is 1.03 bits per heavy atom. The van der Waals surface area contributed by atoms with Gasteiger partial charge < -0.3 is 14.3 Å². The third kappa shape index (κ3) is 4.11. The van der Waals surface area contributed by atoms with Crippen LogP contribution in [0.5, 0.6) is 0 Å². The second-order valence-electron chi connectivity index (χ2n) is 7.58. The van der Waals surface area contributed by atoms with Gasteiger partial charge in [0.25, 0.3) is 0 Å². The van der Waals surface area contributed by atoms with Crippen molar-refractivity contribution in [2.45, 2.75) is 31.7 Å². The van der Waals surface area contributed by atoms with Gasteiger partial charge in [-0.05, 0) is 35.2 Å². The molecule has 4 rings (SSSR count). The van der Waals surface area contributed by atoms with Crippen LogP contribution in [0.3, 0.4) is 0 Å². The van der Waals surface area contributed by atoms with Gasteiger partial charge in [-0.25, -0.2) is 0 Å². The first kappa shape index (κ1) is 19.1. The van der Waals surface area contributed by atoms with Crippen LogP contribution in [0.15, 0.2) is 83.6 Å². The van der Waals surface area contributed by atoms with E-state index < -0.39 is 0 Å². The summed E-state index contributed by atoms with van der Waals surface area (Å²) in [5.74, 6) is 1.06. The van der Waals surface area contributed by atoms with E-state index in [0.717, 1.165) is 5.76 Å². The first-order valence-electron chi connectivity index (χ1n) is 10.0. The molecular weight excluding hydrogens is 360 g/mol. The number of carbonyl (C=O) groups excluding carboxylic acids is 1. The quantitative estimate of drug-likeness (QED) is 0.464. The van der Waals surface area contributed by atoms with Crippen molar-refractivity contribution in [2.75, 3.05) is 0 Å². The van der Waals surface area contributed by atoms with Crippen LogP contribution >= 0.6 is 0 Å². The Morgan fingerprint density at radius 3 is 2.55 bits per heavy atom. The Morgan fingerprint density at radius 2 is 1.79 bits per heavy atom. The summed E-state index contributed by atoms with van der Waals surface area (Å²) in [6, 6.07) is 22.5. The van der Waals surface area contributed by atoms with E-state index in [9.17, 15) is 4.79 Å². The first-order chi connectivity index (χ1) is 14.1. The molecule has 4 aromatic rings. The lowest BCUT2D eigenvalue weighted by Gasteiger charge is -2.24. The van der Waals surface area contributed by atoms with Gasteiger partial charge in [0.15, 0.2) is 0 Å². The Kier molecular flexibility index (Phi) is 5.52. The zero-order valence-electron chi connectivity index (χ0n) is 16.8. The topological polar surface area (TPSA) is 47.2 Å². The van der Waals surface area contributed by atoms with Crippen molar-refractivity contribution in [3.05, 3.63) is 96.1 Å². The van der Waals surface area contributed by atoms with Crippen molar-refractivity contribution in [3.8, 4) is 0 Å². The molecule has 1 N–H and O–H groups in total. The number of carbonyl (C=O) groups is 1. The molecule has 0 aliphatic heterocycles. The lowest BCUT2D eigenvalue weighted by Crippen LogP contribution is -2.26. The van der Waals surface area contributed by atoms with Gasteiger partial charge in [0, 0.05) is 36.5 Å². The van der Waals surface area contributed by atoms with Crippen molar-refractivity contribution in [2.24, 2.45) is 7.05 Å². The number of hydrogen-bond donors (Lipinski definition) is 1. The van der Waals surface area contributed by atoms with Gasteiger partial charge in [0.05, 0.1) is 12.8 Å². The minimum Gasteiger partial charge on any atom is -0.467 e. The molecule has 2 heterocycles. The lowest BCUT2D eigenvalue weighted by molar-refractivity contribution is -0.121. The molecule has 2 aromatic carbocycles. The predicted octanol–water partition coefficient (Wildman–Crippen LogP) is 5.37. The Balaban J connectivity index is 1.64. The van der Waals surface area contributed by atoms with Crippen LogP contribution in [0, 0.1) is 0 Å². The molecule has 0 fully saturated rings. The molecule has 4 heteroatoms. The maximum atomic E-state index is 12.8. The minimum atomic E-state index is 0.0297. The predicted molar refractivity (Wildman–Crippen MR) is 116 cm³/mol. The normalized spacial score (nSPS) is 13.3. The molecular formula is C25H26N2O2. The van der Waals surface area contributed by atoms with Gasteiger partial charge in [0.1, 0.15) is 5.76 Å². The molecule has 0 bridgehead atoms. The lowest BCUT2D eigenvalue weighted by atomic mass is 9.80. The molecule has 0 saturated heterocycles. The molecule has 0 aliphatic rings. The fraction of sp³-hybridized carbons (Fsp3) is 0.240. The summed E-state index contributed by atoms with van der Waals surface area (Å²) < 4.78 is 7.48. The van der Waals surface area contributed by atoms with E-state index >= 15 is 0 Å². The maximum absolute atomic E-state index is 12.8.